The van der Waals surface area contributed by atoms with Gasteiger partial charge in [-0.2, -0.15) is 0 Å². The molecule has 0 spiro atoms. The van der Waals surface area contributed by atoms with E-state index in [-0.39, 0.29) is 18.5 Å². The predicted molar refractivity (Wildman–Crippen MR) is 403 cm³/mol. The average Bonchev–Trinajstić information content (AvgIpc) is 3.74. The van der Waals surface area contributed by atoms with Gasteiger partial charge in [0.25, 0.3) is 0 Å². The molecule has 0 aliphatic heterocycles. The van der Waals surface area contributed by atoms with Crippen LogP contribution in [0.15, 0.2) is 78.7 Å². The van der Waals surface area contributed by atoms with E-state index in [1.807, 2.05) is 0 Å². The highest BCUT2D eigenvalue weighted by Gasteiger charge is 2.11. The molecule has 1 N–H and O–H groups in total. The van der Waals surface area contributed by atoms with Crippen LogP contribution in [0.25, 0.3) is 0 Å². The first-order valence-corrected chi connectivity index (χ1v) is 40.1. The molecule has 9 nitrogen and oxygen atoms in total. The summed E-state index contributed by atoms with van der Waals surface area (Å²) in [5.41, 5.74) is 0. The van der Waals surface area contributed by atoms with E-state index in [4.69, 9.17) is 14.2 Å². The Morgan fingerprint density at radius 3 is 0.871 bits per heavy atom. The topological polar surface area (TPSA) is 106 Å². The maximum absolute atomic E-state index is 12.5. The molecule has 0 saturated carbocycles. The molecule has 93 heavy (non-hydrogen) atoms. The van der Waals surface area contributed by atoms with Crippen LogP contribution < -0.4 is 0 Å². The summed E-state index contributed by atoms with van der Waals surface area (Å²) in [5.74, 6) is 2.50. The molecule has 0 aromatic rings. The second-order valence-corrected chi connectivity index (χ2v) is 26.9. The minimum absolute atomic E-state index is 0.0335. The summed E-state index contributed by atoms with van der Waals surface area (Å²) in [7, 11) is 0. The summed E-state index contributed by atoms with van der Waals surface area (Å²) in [4.78, 5) is 41.7. The molecule has 540 valence electrons. The van der Waals surface area contributed by atoms with Crippen LogP contribution >= 0.6 is 0 Å². The van der Waals surface area contributed by atoms with E-state index in [9.17, 15) is 19.5 Å². The maximum atomic E-state index is 12.5. The zero-order valence-corrected chi connectivity index (χ0v) is 61.7. The third kappa shape index (κ3) is 74.2. The van der Waals surface area contributed by atoms with Crippen LogP contribution in [0.5, 0.6) is 0 Å². The normalized spacial score (nSPS) is 12.1. The highest BCUT2D eigenvalue weighted by atomic mass is 16.5. The van der Waals surface area contributed by atoms with Gasteiger partial charge in [-0.1, -0.05) is 267 Å². The van der Waals surface area contributed by atoms with Crippen molar-refractivity contribution in [3.8, 4) is 0 Å². The van der Waals surface area contributed by atoms with Gasteiger partial charge in [0.05, 0.1) is 26.4 Å². The number of esters is 2. The molecule has 0 bridgehead atoms. The standard InChI is InChI=1S/C84H152N2O7/c1-4-7-10-13-16-19-22-25-28-31-34-37-40-43-55-64-78-91-82(81-88)68-58-49-46-52-63-73-86(76-77-87)75-67-74-85(71-61-53-47-50-59-69-83(89)92-79-65-56-44-41-38-35-32-29-26-23-20-17-14-11-8-5-2)72-62-54-48-51-60-70-84(90)93-80-66-57-45-42-39-36-33-30-27-24-21-18-15-12-9-6-3/h16-21,25-30,87H,4-15,22-24,31-80H2,1-3H3/b19-16-,20-17-,21-18-,28-25-,29-26-,30-27-. The lowest BCUT2D eigenvalue weighted by Gasteiger charge is -2.26. The van der Waals surface area contributed by atoms with Crippen LogP contribution in [0, 0.1) is 0 Å². The van der Waals surface area contributed by atoms with Crippen molar-refractivity contribution in [1.29, 1.82) is 0 Å². The summed E-state index contributed by atoms with van der Waals surface area (Å²) in [5, 5.41) is 9.96. The van der Waals surface area contributed by atoms with E-state index in [1.54, 1.807) is 0 Å². The predicted octanol–water partition coefficient (Wildman–Crippen LogP) is 24.3. The van der Waals surface area contributed by atoms with Crippen LogP contribution in [-0.4, -0.2) is 98.5 Å². The zero-order chi connectivity index (χ0) is 67.2. The highest BCUT2D eigenvalue weighted by Crippen LogP contribution is 2.17. The number of carbonyl (C=O) groups is 2. The van der Waals surface area contributed by atoms with Gasteiger partial charge in [-0.05, 0) is 193 Å². The SMILES string of the molecule is CCCCC/C=C\C/C=C\CCCCCCCCOC(=O)CCCCCCCN(CCCCCCCC(=O)OCCCCCCCC/C=C\C/C=C\CCCCC)CCCN(CCO)CCCCCCCC(=C=O)OCCCCCCCC/C=C\C/C=C\CCCCC. The van der Waals surface area contributed by atoms with Gasteiger partial charge in [-0.3, -0.25) is 9.59 Å². The van der Waals surface area contributed by atoms with Gasteiger partial charge in [0, 0.05) is 25.8 Å². The Morgan fingerprint density at radius 1 is 0.290 bits per heavy atom. The van der Waals surface area contributed by atoms with Gasteiger partial charge >= 0.3 is 11.9 Å². The van der Waals surface area contributed by atoms with Gasteiger partial charge in [0.2, 0.25) is 0 Å². The second-order valence-electron chi connectivity index (χ2n) is 26.9. The molecular weight excluding hydrogens is 1150 g/mol. The molecule has 0 saturated heterocycles. The van der Waals surface area contributed by atoms with E-state index in [1.165, 1.54) is 199 Å². The molecule has 0 amide bonds. The number of unbranched alkanes of at least 4 members (excludes halogenated alkanes) is 39. The Morgan fingerprint density at radius 2 is 0.548 bits per heavy atom. The third-order valence-electron chi connectivity index (χ3n) is 17.9. The Hall–Kier alpha value is -3.49. The lowest BCUT2D eigenvalue weighted by Crippen LogP contribution is -2.33. The van der Waals surface area contributed by atoms with Crippen molar-refractivity contribution in [3.05, 3.63) is 78.7 Å². The van der Waals surface area contributed by atoms with Crippen LogP contribution in [-0.2, 0) is 28.6 Å². The first kappa shape index (κ1) is 89.5. The van der Waals surface area contributed by atoms with E-state index >= 15 is 0 Å². The van der Waals surface area contributed by atoms with Gasteiger partial charge in [-0.15, -0.1) is 0 Å². The number of hydrogen-bond donors (Lipinski definition) is 1. The number of aliphatic hydroxyl groups excluding tert-OH is 1. The molecule has 9 heteroatoms. The molecule has 0 aromatic heterocycles. The molecule has 0 heterocycles. The second kappa shape index (κ2) is 79.2. The highest BCUT2D eigenvalue weighted by molar-refractivity contribution is 5.69. The Labute approximate surface area is 576 Å². The fraction of sp³-hybridized carbons (Fsp3) is 0.810. The quantitative estimate of drug-likeness (QED) is 0.0210. The van der Waals surface area contributed by atoms with Crippen LogP contribution in [0.2, 0.25) is 0 Å². The molecule has 0 aromatic carbocycles. The molecule has 0 atom stereocenters. The molecule has 0 fully saturated rings. The fourth-order valence-corrected chi connectivity index (χ4v) is 11.9. The van der Waals surface area contributed by atoms with Crippen molar-refractivity contribution >= 4 is 17.9 Å². The Bertz CT molecular complexity index is 1700. The smallest absolute Gasteiger partial charge is 0.305 e. The molecule has 0 unspecified atom stereocenters. The minimum atomic E-state index is -0.0335. The van der Waals surface area contributed by atoms with Gasteiger partial charge in [-0.25, -0.2) is 4.79 Å². The number of allylic oxidation sites excluding steroid dienone is 13. The van der Waals surface area contributed by atoms with Crippen molar-refractivity contribution < 1.29 is 33.7 Å². The van der Waals surface area contributed by atoms with Gasteiger partial charge in [0.1, 0.15) is 0 Å². The number of nitrogens with zero attached hydrogens (tertiary/aromatic N) is 2. The van der Waals surface area contributed by atoms with Crippen LogP contribution in [0.4, 0.5) is 0 Å². The summed E-state index contributed by atoms with van der Waals surface area (Å²) in [6, 6.07) is 0. The summed E-state index contributed by atoms with van der Waals surface area (Å²) >= 11 is 0. The van der Waals surface area contributed by atoms with Crippen molar-refractivity contribution in [2.75, 3.05) is 65.7 Å². The van der Waals surface area contributed by atoms with Crippen molar-refractivity contribution in [2.45, 2.75) is 374 Å². The zero-order valence-electron chi connectivity index (χ0n) is 61.7. The average molecular weight is 1300 g/mol. The van der Waals surface area contributed by atoms with Crippen LogP contribution in [0.3, 0.4) is 0 Å². The number of carbonyl (C=O) groups excluding carboxylic acids is 3. The number of hydrogen-bond acceptors (Lipinski definition) is 9. The summed E-state index contributed by atoms with van der Waals surface area (Å²) in [6.45, 7) is 14.7. The van der Waals surface area contributed by atoms with E-state index < -0.39 is 0 Å². The monoisotopic (exact) mass is 1300 g/mol. The summed E-state index contributed by atoms with van der Waals surface area (Å²) < 4.78 is 17.0. The summed E-state index contributed by atoms with van der Waals surface area (Å²) in [6.07, 6.45) is 90.7. The maximum Gasteiger partial charge on any atom is 0.305 e. The van der Waals surface area contributed by atoms with Crippen molar-refractivity contribution in [2.24, 2.45) is 0 Å². The molecule has 0 radical (unpaired) electrons. The largest absolute Gasteiger partial charge is 0.487 e. The molecule has 0 aliphatic carbocycles. The lowest BCUT2D eigenvalue weighted by molar-refractivity contribution is -0.144. The number of rotatable bonds is 76. The van der Waals surface area contributed by atoms with Crippen LogP contribution in [0.1, 0.15) is 374 Å². The molecule has 0 aliphatic rings. The third-order valence-corrected chi connectivity index (χ3v) is 17.9. The molecular formula is C84H152N2O7. The van der Waals surface area contributed by atoms with Crippen molar-refractivity contribution in [3.63, 3.8) is 0 Å². The van der Waals surface area contributed by atoms with E-state index in [2.05, 4.69) is 109 Å². The van der Waals surface area contributed by atoms with E-state index in [0.717, 1.165) is 168 Å². The van der Waals surface area contributed by atoms with E-state index in [0.29, 0.717) is 51.4 Å². The lowest BCUT2D eigenvalue weighted by atomic mass is 10.1. The number of aliphatic hydroxyl groups is 1. The minimum Gasteiger partial charge on any atom is -0.487 e. The van der Waals surface area contributed by atoms with Gasteiger partial charge < -0.3 is 29.1 Å². The fourth-order valence-electron chi connectivity index (χ4n) is 11.9. The molecule has 0 rings (SSSR count). The Kier molecular flexibility index (Phi) is 76.2. The van der Waals surface area contributed by atoms with Crippen molar-refractivity contribution in [1.82, 2.24) is 9.80 Å². The van der Waals surface area contributed by atoms with Gasteiger partial charge in [0.15, 0.2) is 11.7 Å². The number of ether oxygens (including phenoxy) is 3. The first-order chi connectivity index (χ1) is 46.0. The Balaban J connectivity index is 4.54. The first-order valence-electron chi connectivity index (χ1n) is 40.1.